The van der Waals surface area contributed by atoms with Gasteiger partial charge >= 0.3 is 0 Å². The molecule has 0 radical (unpaired) electrons. The molecule has 0 saturated heterocycles. The summed E-state index contributed by atoms with van der Waals surface area (Å²) in [5, 5.41) is 9.44. The van der Waals surface area contributed by atoms with Crippen molar-refractivity contribution in [1.29, 1.82) is 0 Å². The monoisotopic (exact) mass is 406 g/mol. The molecule has 1 aliphatic heterocycles. The van der Waals surface area contributed by atoms with E-state index in [4.69, 9.17) is 9.47 Å². The number of hydrazone groups is 1. The molecule has 2 aromatic carbocycles. The second-order valence-corrected chi connectivity index (χ2v) is 7.23. The predicted octanol–water partition coefficient (Wildman–Crippen LogP) is 2.90. The van der Waals surface area contributed by atoms with Crippen LogP contribution in [0.15, 0.2) is 52.4 Å². The molecule has 1 aliphatic rings. The Morgan fingerprint density at radius 2 is 1.80 bits per heavy atom. The van der Waals surface area contributed by atoms with Crippen LogP contribution in [0.3, 0.4) is 0 Å². The Labute approximate surface area is 173 Å². The highest BCUT2D eigenvalue weighted by atomic mass is 16.6. The summed E-state index contributed by atoms with van der Waals surface area (Å²) in [7, 11) is 0. The van der Waals surface area contributed by atoms with E-state index in [9.17, 15) is 9.59 Å². The molecular weight excluding hydrogens is 384 g/mol. The van der Waals surface area contributed by atoms with Gasteiger partial charge in [-0.3, -0.25) is 9.59 Å². The molecule has 4 rings (SSSR count). The summed E-state index contributed by atoms with van der Waals surface area (Å²) in [4.78, 5) is 25.5. The van der Waals surface area contributed by atoms with Gasteiger partial charge < -0.3 is 9.47 Å². The van der Waals surface area contributed by atoms with Crippen molar-refractivity contribution in [3.05, 3.63) is 64.1 Å². The molecule has 2 heterocycles. The van der Waals surface area contributed by atoms with E-state index < -0.39 is 5.91 Å². The number of benzene rings is 2. The summed E-state index contributed by atoms with van der Waals surface area (Å²) < 4.78 is 12.4. The minimum absolute atomic E-state index is 0.151. The van der Waals surface area contributed by atoms with Gasteiger partial charge in [0, 0.05) is 10.9 Å². The molecule has 0 atom stereocenters. The van der Waals surface area contributed by atoms with Crippen LogP contribution in [0.2, 0.25) is 0 Å². The van der Waals surface area contributed by atoms with Crippen molar-refractivity contribution in [2.24, 2.45) is 5.10 Å². The molecule has 0 bridgehead atoms. The third-order valence-electron chi connectivity index (χ3n) is 4.82. The molecule has 8 nitrogen and oxygen atoms in total. The number of hydrogen-bond donors (Lipinski definition) is 1. The molecule has 154 valence electrons. The van der Waals surface area contributed by atoms with Gasteiger partial charge in [-0.1, -0.05) is 18.2 Å². The minimum Gasteiger partial charge on any atom is -0.486 e. The lowest BCUT2D eigenvalue weighted by atomic mass is 10.1. The third kappa shape index (κ3) is 3.63. The fraction of sp³-hybridized carbons (Fsp3) is 0.273. The smallest absolute Gasteiger partial charge is 0.292 e. The molecule has 1 aromatic heterocycles. The quantitative estimate of drug-likeness (QED) is 0.531. The second kappa shape index (κ2) is 7.98. The average molecular weight is 406 g/mol. The van der Waals surface area contributed by atoms with Crippen molar-refractivity contribution in [3.63, 3.8) is 0 Å². The van der Waals surface area contributed by atoms with Crippen molar-refractivity contribution in [2.45, 2.75) is 26.8 Å². The van der Waals surface area contributed by atoms with E-state index in [0.29, 0.717) is 41.2 Å². The van der Waals surface area contributed by atoms with Crippen LogP contribution in [0.5, 0.6) is 11.5 Å². The summed E-state index contributed by atoms with van der Waals surface area (Å²) in [6.07, 6.45) is 0. The van der Waals surface area contributed by atoms with E-state index in [2.05, 4.69) is 15.6 Å². The van der Waals surface area contributed by atoms with Crippen molar-refractivity contribution >= 4 is 22.4 Å². The zero-order valence-electron chi connectivity index (χ0n) is 17.0. The number of hydrogen-bond acceptors (Lipinski definition) is 6. The van der Waals surface area contributed by atoms with Crippen LogP contribution in [0.1, 0.15) is 42.9 Å². The van der Waals surface area contributed by atoms with Gasteiger partial charge in [-0.05, 0) is 45.0 Å². The maximum Gasteiger partial charge on any atom is 0.292 e. The van der Waals surface area contributed by atoms with Crippen LogP contribution < -0.4 is 20.5 Å². The molecular formula is C22H22N4O4. The number of fused-ring (bicyclic) bond motifs is 2. The third-order valence-corrected chi connectivity index (χ3v) is 4.82. The van der Waals surface area contributed by atoms with Gasteiger partial charge in [-0.15, -0.1) is 0 Å². The number of ether oxygens (including phenoxy) is 2. The van der Waals surface area contributed by atoms with E-state index in [0.717, 1.165) is 5.56 Å². The SMILES string of the molecule is C/C(=N/NC(=O)c1nn(C(C)C)c(=O)c2ccccc12)c1ccc2c(c1)OCCO2. The number of nitrogens with zero attached hydrogens (tertiary/aromatic N) is 3. The molecule has 8 heteroatoms. The zero-order chi connectivity index (χ0) is 21.3. The van der Waals surface area contributed by atoms with Gasteiger partial charge in [0.15, 0.2) is 17.2 Å². The van der Waals surface area contributed by atoms with Crippen molar-refractivity contribution in [2.75, 3.05) is 13.2 Å². The molecule has 0 saturated carbocycles. The Balaban J connectivity index is 1.65. The number of carbonyl (C=O) groups is 1. The van der Waals surface area contributed by atoms with Gasteiger partial charge in [0.2, 0.25) is 0 Å². The lowest BCUT2D eigenvalue weighted by molar-refractivity contribution is 0.0949. The number of aromatic nitrogens is 2. The average Bonchev–Trinajstić information content (AvgIpc) is 2.77. The lowest BCUT2D eigenvalue weighted by Gasteiger charge is -2.18. The van der Waals surface area contributed by atoms with Crippen LogP contribution in [0.25, 0.3) is 10.8 Å². The summed E-state index contributed by atoms with van der Waals surface area (Å²) in [6, 6.07) is 12.2. The van der Waals surface area contributed by atoms with Crippen LogP contribution in [-0.4, -0.2) is 34.6 Å². The molecule has 1 N–H and O–H groups in total. The summed E-state index contributed by atoms with van der Waals surface area (Å²) in [5.41, 5.74) is 3.87. The number of amides is 1. The first kappa shape index (κ1) is 19.6. The molecule has 0 unspecified atom stereocenters. The Kier molecular flexibility index (Phi) is 5.22. The van der Waals surface area contributed by atoms with E-state index in [-0.39, 0.29) is 17.3 Å². The van der Waals surface area contributed by atoms with Crippen LogP contribution >= 0.6 is 0 Å². The van der Waals surface area contributed by atoms with Crippen molar-refractivity contribution < 1.29 is 14.3 Å². The van der Waals surface area contributed by atoms with Crippen molar-refractivity contribution in [3.8, 4) is 11.5 Å². The van der Waals surface area contributed by atoms with Gasteiger partial charge in [-0.25, -0.2) is 10.1 Å². The number of carbonyl (C=O) groups excluding carboxylic acids is 1. The topological polar surface area (TPSA) is 94.8 Å². The van der Waals surface area contributed by atoms with E-state index >= 15 is 0 Å². The Morgan fingerprint density at radius 3 is 2.53 bits per heavy atom. The van der Waals surface area contributed by atoms with Crippen LogP contribution in [0.4, 0.5) is 0 Å². The molecule has 0 spiro atoms. The van der Waals surface area contributed by atoms with Crippen LogP contribution in [-0.2, 0) is 0 Å². The Hall–Kier alpha value is -3.68. The second-order valence-electron chi connectivity index (χ2n) is 7.23. The maximum atomic E-state index is 12.9. The fourth-order valence-corrected chi connectivity index (χ4v) is 3.24. The standard InChI is InChI=1S/C22H22N4O4/c1-13(2)26-22(28)17-7-5-4-6-16(17)20(25-26)21(27)24-23-14(3)15-8-9-18-19(12-15)30-11-10-29-18/h4-9,12-13H,10-11H2,1-3H3,(H,24,27)/b23-14-. The summed E-state index contributed by atoms with van der Waals surface area (Å²) in [6.45, 7) is 6.49. The maximum absolute atomic E-state index is 12.9. The van der Waals surface area contributed by atoms with Gasteiger partial charge in [0.25, 0.3) is 11.5 Å². The Morgan fingerprint density at radius 1 is 1.10 bits per heavy atom. The summed E-state index contributed by atoms with van der Waals surface area (Å²) in [5.74, 6) is 0.849. The molecule has 3 aromatic rings. The first-order valence-corrected chi connectivity index (χ1v) is 9.72. The fourth-order valence-electron chi connectivity index (χ4n) is 3.24. The minimum atomic E-state index is -0.488. The largest absolute Gasteiger partial charge is 0.486 e. The highest BCUT2D eigenvalue weighted by molar-refractivity contribution is 6.06. The highest BCUT2D eigenvalue weighted by Gasteiger charge is 2.18. The number of rotatable bonds is 4. The van der Waals surface area contributed by atoms with E-state index in [1.165, 1.54) is 4.68 Å². The van der Waals surface area contributed by atoms with Crippen molar-refractivity contribution in [1.82, 2.24) is 15.2 Å². The van der Waals surface area contributed by atoms with Crippen LogP contribution in [0, 0.1) is 0 Å². The number of nitrogens with one attached hydrogen (secondary N) is 1. The highest BCUT2D eigenvalue weighted by Crippen LogP contribution is 2.30. The molecule has 1 amide bonds. The van der Waals surface area contributed by atoms with Gasteiger partial charge in [0.1, 0.15) is 13.2 Å². The van der Waals surface area contributed by atoms with Gasteiger partial charge in [-0.2, -0.15) is 10.2 Å². The summed E-state index contributed by atoms with van der Waals surface area (Å²) >= 11 is 0. The predicted molar refractivity (Wildman–Crippen MR) is 113 cm³/mol. The van der Waals surface area contributed by atoms with Gasteiger partial charge in [0.05, 0.1) is 17.1 Å². The van der Waals surface area contributed by atoms with E-state index in [1.807, 2.05) is 32.0 Å². The normalized spacial score (nSPS) is 13.5. The van der Waals surface area contributed by atoms with E-state index in [1.54, 1.807) is 31.2 Å². The molecule has 30 heavy (non-hydrogen) atoms. The first-order chi connectivity index (χ1) is 14.5. The first-order valence-electron chi connectivity index (χ1n) is 9.72. The zero-order valence-corrected chi connectivity index (χ0v) is 17.0. The molecule has 0 fully saturated rings. The Bertz CT molecular complexity index is 1210. The molecule has 0 aliphatic carbocycles. The lowest BCUT2D eigenvalue weighted by Crippen LogP contribution is -2.30.